The number of carbonyl (C=O) groups is 1. The van der Waals surface area contributed by atoms with Gasteiger partial charge in [0.15, 0.2) is 0 Å². The highest BCUT2D eigenvalue weighted by Gasteiger charge is 2.21. The molecule has 1 aliphatic rings. The molecule has 1 fully saturated rings. The SMILES string of the molecule is O=C(CNc1ccncc1)N1CCN(c2ccc3ccccc3n2)CC1. The average molecular weight is 347 g/mol. The fourth-order valence-corrected chi connectivity index (χ4v) is 3.18. The van der Waals surface area contributed by atoms with Crippen LogP contribution in [0.5, 0.6) is 0 Å². The summed E-state index contributed by atoms with van der Waals surface area (Å²) in [5.41, 5.74) is 1.91. The number of amides is 1. The molecular weight excluding hydrogens is 326 g/mol. The van der Waals surface area contributed by atoms with Crippen LogP contribution >= 0.6 is 0 Å². The number of anilines is 2. The molecular formula is C20H21N5O. The second-order valence-corrected chi connectivity index (χ2v) is 6.32. The lowest BCUT2D eigenvalue weighted by molar-refractivity contribution is -0.129. The molecule has 0 spiro atoms. The molecule has 1 amide bonds. The lowest BCUT2D eigenvalue weighted by Gasteiger charge is -2.35. The second kappa shape index (κ2) is 7.39. The lowest BCUT2D eigenvalue weighted by Crippen LogP contribution is -2.50. The zero-order valence-electron chi connectivity index (χ0n) is 14.5. The number of carbonyl (C=O) groups excluding carboxylic acids is 1. The highest BCUT2D eigenvalue weighted by atomic mass is 16.2. The first-order valence-corrected chi connectivity index (χ1v) is 8.82. The van der Waals surface area contributed by atoms with Crippen molar-refractivity contribution in [3.05, 3.63) is 60.9 Å². The van der Waals surface area contributed by atoms with Gasteiger partial charge in [0.25, 0.3) is 0 Å². The maximum Gasteiger partial charge on any atom is 0.241 e. The van der Waals surface area contributed by atoms with Gasteiger partial charge < -0.3 is 15.1 Å². The molecule has 2 aromatic heterocycles. The number of hydrogen-bond acceptors (Lipinski definition) is 5. The third kappa shape index (κ3) is 3.59. The fourth-order valence-electron chi connectivity index (χ4n) is 3.18. The highest BCUT2D eigenvalue weighted by molar-refractivity contribution is 5.82. The molecule has 6 heteroatoms. The molecule has 1 aliphatic heterocycles. The molecule has 1 N–H and O–H groups in total. The standard InChI is InChI=1S/C20H21N5O/c26-20(15-22-17-7-9-21-10-8-17)25-13-11-24(12-14-25)19-6-5-16-3-1-2-4-18(16)23-19/h1-10H,11-15H2,(H,21,22). The predicted molar refractivity (Wildman–Crippen MR) is 103 cm³/mol. The Balaban J connectivity index is 1.33. The van der Waals surface area contributed by atoms with Crippen LogP contribution in [0.1, 0.15) is 0 Å². The fraction of sp³-hybridized carbons (Fsp3) is 0.250. The van der Waals surface area contributed by atoms with Gasteiger partial charge in [-0.2, -0.15) is 0 Å². The summed E-state index contributed by atoms with van der Waals surface area (Å²) in [7, 11) is 0. The van der Waals surface area contributed by atoms with Crippen LogP contribution in [0.25, 0.3) is 10.9 Å². The molecule has 0 atom stereocenters. The van der Waals surface area contributed by atoms with E-state index in [1.165, 1.54) is 0 Å². The van der Waals surface area contributed by atoms with E-state index in [0.717, 1.165) is 35.5 Å². The Morgan fingerprint density at radius 2 is 1.73 bits per heavy atom. The average Bonchev–Trinajstić information content (AvgIpc) is 2.72. The molecule has 132 valence electrons. The Hall–Kier alpha value is -3.15. The van der Waals surface area contributed by atoms with Gasteiger partial charge in [0, 0.05) is 49.6 Å². The molecule has 6 nitrogen and oxygen atoms in total. The number of piperazine rings is 1. The van der Waals surface area contributed by atoms with E-state index >= 15 is 0 Å². The topological polar surface area (TPSA) is 61.4 Å². The van der Waals surface area contributed by atoms with E-state index in [2.05, 4.69) is 33.4 Å². The quantitative estimate of drug-likeness (QED) is 0.785. The van der Waals surface area contributed by atoms with Crippen LogP contribution in [0.4, 0.5) is 11.5 Å². The normalized spacial score (nSPS) is 14.5. The van der Waals surface area contributed by atoms with Gasteiger partial charge in [-0.15, -0.1) is 0 Å². The van der Waals surface area contributed by atoms with Crippen molar-refractivity contribution in [2.45, 2.75) is 0 Å². The first-order valence-electron chi connectivity index (χ1n) is 8.82. The van der Waals surface area contributed by atoms with Crippen LogP contribution in [-0.2, 0) is 4.79 Å². The van der Waals surface area contributed by atoms with Gasteiger partial charge in [0.05, 0.1) is 12.1 Å². The third-order valence-electron chi connectivity index (χ3n) is 4.66. The molecule has 26 heavy (non-hydrogen) atoms. The predicted octanol–water partition coefficient (Wildman–Crippen LogP) is 2.39. The third-order valence-corrected chi connectivity index (χ3v) is 4.66. The lowest BCUT2D eigenvalue weighted by atomic mass is 10.2. The largest absolute Gasteiger partial charge is 0.376 e. The molecule has 0 saturated carbocycles. The number of benzene rings is 1. The Morgan fingerprint density at radius 1 is 0.962 bits per heavy atom. The Bertz CT molecular complexity index is 891. The van der Waals surface area contributed by atoms with E-state index in [4.69, 9.17) is 4.98 Å². The van der Waals surface area contributed by atoms with E-state index < -0.39 is 0 Å². The van der Waals surface area contributed by atoms with Gasteiger partial charge in [-0.3, -0.25) is 9.78 Å². The number of fused-ring (bicyclic) bond motifs is 1. The summed E-state index contributed by atoms with van der Waals surface area (Å²) in [5, 5.41) is 4.29. The number of nitrogens with zero attached hydrogens (tertiary/aromatic N) is 4. The number of aromatic nitrogens is 2. The molecule has 0 bridgehead atoms. The number of nitrogens with one attached hydrogen (secondary N) is 1. The van der Waals surface area contributed by atoms with Gasteiger partial charge in [-0.05, 0) is 30.3 Å². The number of para-hydroxylation sites is 1. The van der Waals surface area contributed by atoms with Gasteiger partial charge in [0.2, 0.25) is 5.91 Å². The smallest absolute Gasteiger partial charge is 0.241 e. The van der Waals surface area contributed by atoms with Gasteiger partial charge >= 0.3 is 0 Å². The van der Waals surface area contributed by atoms with Gasteiger partial charge in [-0.25, -0.2) is 4.98 Å². The maximum absolute atomic E-state index is 12.4. The van der Waals surface area contributed by atoms with Gasteiger partial charge in [-0.1, -0.05) is 18.2 Å². The summed E-state index contributed by atoms with van der Waals surface area (Å²) in [6, 6.07) is 16.0. The zero-order chi connectivity index (χ0) is 17.8. The van der Waals surface area contributed by atoms with Crippen molar-refractivity contribution in [3.63, 3.8) is 0 Å². The van der Waals surface area contributed by atoms with Crippen LogP contribution in [-0.4, -0.2) is 53.5 Å². The number of pyridine rings is 2. The van der Waals surface area contributed by atoms with Crippen molar-refractivity contribution in [1.29, 1.82) is 0 Å². The molecule has 0 aliphatic carbocycles. The van der Waals surface area contributed by atoms with Crippen LogP contribution in [0.15, 0.2) is 60.9 Å². The Kier molecular flexibility index (Phi) is 4.64. The Labute approximate surface area is 152 Å². The second-order valence-electron chi connectivity index (χ2n) is 6.32. The molecule has 1 saturated heterocycles. The van der Waals surface area contributed by atoms with Crippen molar-refractivity contribution in [1.82, 2.24) is 14.9 Å². The zero-order valence-corrected chi connectivity index (χ0v) is 14.5. The van der Waals surface area contributed by atoms with Crippen LogP contribution in [0.2, 0.25) is 0 Å². The van der Waals surface area contributed by atoms with Crippen LogP contribution in [0, 0.1) is 0 Å². The minimum Gasteiger partial charge on any atom is -0.376 e. The Morgan fingerprint density at radius 3 is 2.54 bits per heavy atom. The van der Waals surface area contributed by atoms with E-state index in [0.29, 0.717) is 19.6 Å². The number of rotatable bonds is 4. The van der Waals surface area contributed by atoms with Crippen LogP contribution in [0.3, 0.4) is 0 Å². The molecule has 0 radical (unpaired) electrons. The van der Waals surface area contributed by atoms with E-state index in [-0.39, 0.29) is 5.91 Å². The summed E-state index contributed by atoms with van der Waals surface area (Å²) in [4.78, 5) is 25.3. The van der Waals surface area contributed by atoms with Crippen molar-refractivity contribution in [3.8, 4) is 0 Å². The maximum atomic E-state index is 12.4. The summed E-state index contributed by atoms with van der Waals surface area (Å²) in [6.07, 6.45) is 3.42. The summed E-state index contributed by atoms with van der Waals surface area (Å²) < 4.78 is 0. The van der Waals surface area contributed by atoms with Gasteiger partial charge in [0.1, 0.15) is 5.82 Å². The first kappa shape index (κ1) is 16.3. The van der Waals surface area contributed by atoms with Crippen LogP contribution < -0.4 is 10.2 Å². The molecule has 3 aromatic rings. The summed E-state index contributed by atoms with van der Waals surface area (Å²) in [6.45, 7) is 3.33. The minimum absolute atomic E-state index is 0.118. The van der Waals surface area contributed by atoms with E-state index in [9.17, 15) is 4.79 Å². The summed E-state index contributed by atoms with van der Waals surface area (Å²) >= 11 is 0. The summed E-state index contributed by atoms with van der Waals surface area (Å²) in [5.74, 6) is 1.10. The minimum atomic E-state index is 0.118. The molecule has 3 heterocycles. The first-order chi connectivity index (χ1) is 12.8. The molecule has 0 unspecified atom stereocenters. The van der Waals surface area contributed by atoms with Crippen molar-refractivity contribution >= 4 is 28.3 Å². The number of hydrogen-bond donors (Lipinski definition) is 1. The molecule has 4 rings (SSSR count). The van der Waals surface area contributed by atoms with E-state index in [1.807, 2.05) is 35.2 Å². The van der Waals surface area contributed by atoms with Crippen molar-refractivity contribution in [2.24, 2.45) is 0 Å². The van der Waals surface area contributed by atoms with Crippen molar-refractivity contribution < 1.29 is 4.79 Å². The highest BCUT2D eigenvalue weighted by Crippen LogP contribution is 2.19. The monoisotopic (exact) mass is 347 g/mol. The molecule has 1 aromatic carbocycles. The van der Waals surface area contributed by atoms with Crippen molar-refractivity contribution in [2.75, 3.05) is 42.9 Å². The van der Waals surface area contributed by atoms with E-state index in [1.54, 1.807) is 12.4 Å².